The van der Waals surface area contributed by atoms with Crippen molar-refractivity contribution in [3.63, 3.8) is 0 Å². The molecule has 2 heteroatoms. The standard InChI is InChI=1S/C13H25NO/c1-6-8-11(15)14-10-7-9-13(14,5)12(2,3)4/h6-10H2,1-5H3/t13-/m0/s1. The highest BCUT2D eigenvalue weighted by Gasteiger charge is 2.47. The lowest BCUT2D eigenvalue weighted by atomic mass is 9.73. The average molecular weight is 211 g/mol. The molecule has 0 bridgehead atoms. The Morgan fingerprint density at radius 3 is 2.47 bits per heavy atom. The van der Waals surface area contributed by atoms with Crippen molar-refractivity contribution in [1.29, 1.82) is 0 Å². The lowest BCUT2D eigenvalue weighted by Gasteiger charge is -2.46. The van der Waals surface area contributed by atoms with Crippen molar-refractivity contribution in [3.8, 4) is 0 Å². The maximum atomic E-state index is 12.0. The molecule has 0 saturated carbocycles. The molecule has 1 saturated heterocycles. The Kier molecular flexibility index (Phi) is 3.47. The normalized spacial score (nSPS) is 27.1. The van der Waals surface area contributed by atoms with Crippen LogP contribution in [0.5, 0.6) is 0 Å². The lowest BCUT2D eigenvalue weighted by Crippen LogP contribution is -2.53. The highest BCUT2D eigenvalue weighted by atomic mass is 16.2. The second kappa shape index (κ2) is 4.15. The lowest BCUT2D eigenvalue weighted by molar-refractivity contribution is -0.138. The van der Waals surface area contributed by atoms with Crippen LogP contribution in [0.3, 0.4) is 0 Å². The van der Waals surface area contributed by atoms with Gasteiger partial charge in [-0.1, -0.05) is 27.7 Å². The molecule has 1 amide bonds. The molecule has 15 heavy (non-hydrogen) atoms. The third-order valence-electron chi connectivity index (χ3n) is 4.02. The first-order chi connectivity index (χ1) is 6.83. The molecule has 0 aromatic rings. The van der Waals surface area contributed by atoms with Gasteiger partial charge in [-0.05, 0) is 31.6 Å². The third-order valence-corrected chi connectivity index (χ3v) is 4.02. The quantitative estimate of drug-likeness (QED) is 0.687. The second-order valence-corrected chi connectivity index (χ2v) is 5.92. The molecular weight excluding hydrogens is 186 g/mol. The summed E-state index contributed by atoms with van der Waals surface area (Å²) in [6.07, 6.45) is 3.95. The first-order valence-electron chi connectivity index (χ1n) is 6.13. The molecule has 1 aliphatic heterocycles. The molecule has 0 unspecified atom stereocenters. The van der Waals surface area contributed by atoms with Crippen LogP contribution in [0.4, 0.5) is 0 Å². The predicted molar refractivity (Wildman–Crippen MR) is 63.7 cm³/mol. The van der Waals surface area contributed by atoms with Crippen LogP contribution in [-0.4, -0.2) is 22.9 Å². The van der Waals surface area contributed by atoms with Crippen molar-refractivity contribution in [2.45, 2.75) is 65.8 Å². The minimum Gasteiger partial charge on any atom is -0.337 e. The van der Waals surface area contributed by atoms with E-state index in [2.05, 4.69) is 39.5 Å². The van der Waals surface area contributed by atoms with Crippen molar-refractivity contribution in [1.82, 2.24) is 4.90 Å². The van der Waals surface area contributed by atoms with Gasteiger partial charge in [0.25, 0.3) is 0 Å². The fourth-order valence-corrected chi connectivity index (χ4v) is 2.49. The van der Waals surface area contributed by atoms with Crippen molar-refractivity contribution in [2.75, 3.05) is 6.54 Å². The second-order valence-electron chi connectivity index (χ2n) is 5.92. The molecule has 0 aliphatic carbocycles. The van der Waals surface area contributed by atoms with Gasteiger partial charge in [0, 0.05) is 18.5 Å². The SMILES string of the molecule is CCCC(=O)N1CCC[C@@]1(C)C(C)(C)C. The van der Waals surface area contributed by atoms with Gasteiger partial charge in [-0.2, -0.15) is 0 Å². The molecule has 88 valence electrons. The van der Waals surface area contributed by atoms with Crippen molar-refractivity contribution < 1.29 is 4.79 Å². The zero-order chi connectivity index (χ0) is 11.7. The van der Waals surface area contributed by atoms with Gasteiger partial charge in [-0.3, -0.25) is 4.79 Å². The maximum absolute atomic E-state index is 12.0. The Bertz CT molecular complexity index is 241. The van der Waals surface area contributed by atoms with E-state index in [1.54, 1.807) is 0 Å². The molecule has 1 fully saturated rings. The molecule has 0 aromatic carbocycles. The summed E-state index contributed by atoms with van der Waals surface area (Å²) in [6, 6.07) is 0. The third kappa shape index (κ3) is 2.19. The molecular formula is C13H25NO. The Hall–Kier alpha value is -0.530. The van der Waals surface area contributed by atoms with E-state index < -0.39 is 0 Å². The van der Waals surface area contributed by atoms with Crippen LogP contribution in [0.25, 0.3) is 0 Å². The Labute approximate surface area is 94.0 Å². The van der Waals surface area contributed by atoms with Crippen molar-refractivity contribution in [2.24, 2.45) is 5.41 Å². The van der Waals surface area contributed by atoms with E-state index in [4.69, 9.17) is 0 Å². The summed E-state index contributed by atoms with van der Waals surface area (Å²) in [6.45, 7) is 12.0. The fraction of sp³-hybridized carbons (Fsp3) is 0.923. The maximum Gasteiger partial charge on any atom is 0.223 e. The van der Waals surface area contributed by atoms with Crippen LogP contribution in [0.2, 0.25) is 0 Å². The van der Waals surface area contributed by atoms with E-state index in [-0.39, 0.29) is 11.0 Å². The molecule has 1 atom stereocenters. The van der Waals surface area contributed by atoms with Crippen molar-refractivity contribution >= 4 is 5.91 Å². The van der Waals surface area contributed by atoms with Crippen LogP contribution >= 0.6 is 0 Å². The van der Waals surface area contributed by atoms with Gasteiger partial charge in [0.2, 0.25) is 5.91 Å². The number of hydrogen-bond acceptors (Lipinski definition) is 1. The minimum atomic E-state index is 0.0548. The van der Waals surface area contributed by atoms with E-state index in [1.807, 2.05) is 0 Å². The van der Waals surface area contributed by atoms with Gasteiger partial charge in [0.1, 0.15) is 0 Å². The van der Waals surface area contributed by atoms with Gasteiger partial charge in [-0.15, -0.1) is 0 Å². The summed E-state index contributed by atoms with van der Waals surface area (Å²) in [5.74, 6) is 0.340. The fourth-order valence-electron chi connectivity index (χ4n) is 2.49. The summed E-state index contributed by atoms with van der Waals surface area (Å²) < 4.78 is 0. The van der Waals surface area contributed by atoms with E-state index >= 15 is 0 Å². The minimum absolute atomic E-state index is 0.0548. The Morgan fingerprint density at radius 1 is 1.40 bits per heavy atom. The van der Waals surface area contributed by atoms with Crippen LogP contribution in [0.15, 0.2) is 0 Å². The van der Waals surface area contributed by atoms with E-state index in [0.717, 1.165) is 25.8 Å². The zero-order valence-corrected chi connectivity index (χ0v) is 10.9. The number of carbonyl (C=O) groups is 1. The van der Waals surface area contributed by atoms with Crippen LogP contribution in [0, 0.1) is 5.41 Å². The summed E-state index contributed by atoms with van der Waals surface area (Å²) in [7, 11) is 0. The van der Waals surface area contributed by atoms with Crippen LogP contribution < -0.4 is 0 Å². The van der Waals surface area contributed by atoms with Gasteiger partial charge in [0.15, 0.2) is 0 Å². The summed E-state index contributed by atoms with van der Waals surface area (Å²) >= 11 is 0. The van der Waals surface area contributed by atoms with Crippen LogP contribution in [-0.2, 0) is 4.79 Å². The summed E-state index contributed by atoms with van der Waals surface area (Å²) in [4.78, 5) is 14.2. The number of likely N-dealkylation sites (tertiary alicyclic amines) is 1. The number of nitrogens with zero attached hydrogens (tertiary/aromatic N) is 1. The zero-order valence-electron chi connectivity index (χ0n) is 10.9. The summed E-state index contributed by atoms with van der Waals surface area (Å²) in [5, 5.41) is 0. The van der Waals surface area contributed by atoms with Gasteiger partial charge in [-0.25, -0.2) is 0 Å². The van der Waals surface area contributed by atoms with Crippen molar-refractivity contribution in [3.05, 3.63) is 0 Å². The monoisotopic (exact) mass is 211 g/mol. The van der Waals surface area contributed by atoms with Crippen LogP contribution in [0.1, 0.15) is 60.3 Å². The molecule has 2 nitrogen and oxygen atoms in total. The highest BCUT2D eigenvalue weighted by Crippen LogP contribution is 2.43. The molecule has 1 rings (SSSR count). The Balaban J connectivity index is 2.85. The molecule has 0 aromatic heterocycles. The molecule has 0 radical (unpaired) electrons. The summed E-state index contributed by atoms with van der Waals surface area (Å²) in [5.41, 5.74) is 0.228. The largest absolute Gasteiger partial charge is 0.337 e. The number of rotatable bonds is 2. The average Bonchev–Trinajstić information content (AvgIpc) is 2.48. The molecule has 0 spiro atoms. The van der Waals surface area contributed by atoms with E-state index in [0.29, 0.717) is 12.3 Å². The molecule has 1 heterocycles. The first-order valence-corrected chi connectivity index (χ1v) is 6.13. The van der Waals surface area contributed by atoms with Gasteiger partial charge < -0.3 is 4.90 Å². The highest BCUT2D eigenvalue weighted by molar-refractivity contribution is 5.77. The number of hydrogen-bond donors (Lipinski definition) is 0. The van der Waals surface area contributed by atoms with E-state index in [1.165, 1.54) is 0 Å². The molecule has 0 N–H and O–H groups in total. The number of carbonyl (C=O) groups excluding carboxylic acids is 1. The van der Waals surface area contributed by atoms with Gasteiger partial charge >= 0.3 is 0 Å². The molecule has 1 aliphatic rings. The van der Waals surface area contributed by atoms with E-state index in [9.17, 15) is 4.79 Å². The first kappa shape index (κ1) is 12.5. The number of amides is 1. The van der Waals surface area contributed by atoms with Gasteiger partial charge in [0.05, 0.1) is 0 Å². The Morgan fingerprint density at radius 2 is 2.00 bits per heavy atom. The smallest absolute Gasteiger partial charge is 0.223 e. The predicted octanol–water partition coefficient (Wildman–Crippen LogP) is 3.21. The topological polar surface area (TPSA) is 20.3 Å².